The Labute approximate surface area is 111 Å². The lowest BCUT2D eigenvalue weighted by atomic mass is 10.3. The topological polar surface area (TPSA) is 33.4 Å². The molecule has 0 bridgehead atoms. The van der Waals surface area contributed by atoms with Crippen molar-refractivity contribution in [1.82, 2.24) is 14.6 Å². The monoisotopic (exact) mass is 262 g/mol. The zero-order valence-corrected chi connectivity index (χ0v) is 11.7. The molecule has 96 valence electrons. The average molecular weight is 262 g/mol. The molecule has 1 saturated heterocycles. The minimum Gasteiger partial charge on any atom is -0.354 e. The summed E-state index contributed by atoms with van der Waals surface area (Å²) in [6.07, 6.45) is 4.98. The van der Waals surface area contributed by atoms with Crippen molar-refractivity contribution >= 4 is 23.1 Å². The van der Waals surface area contributed by atoms with Crippen molar-refractivity contribution in [2.75, 3.05) is 23.7 Å². The van der Waals surface area contributed by atoms with Gasteiger partial charge in [0.15, 0.2) is 5.82 Å². The van der Waals surface area contributed by atoms with Crippen molar-refractivity contribution in [2.24, 2.45) is 0 Å². The highest BCUT2D eigenvalue weighted by molar-refractivity contribution is 7.99. The molecule has 2 aromatic rings. The first-order valence-corrected chi connectivity index (χ1v) is 7.46. The number of fused-ring (bicyclic) bond motifs is 1. The Bertz CT molecular complexity index is 551. The fraction of sp³-hybridized carbons (Fsp3) is 0.538. The smallest absolute Gasteiger partial charge is 0.154 e. The lowest BCUT2D eigenvalue weighted by Crippen LogP contribution is -2.27. The van der Waals surface area contributed by atoms with E-state index in [-0.39, 0.29) is 0 Å². The second kappa shape index (κ2) is 4.80. The maximum absolute atomic E-state index is 4.57. The van der Waals surface area contributed by atoms with Gasteiger partial charge in [-0.2, -0.15) is 16.9 Å². The van der Waals surface area contributed by atoms with Crippen molar-refractivity contribution in [1.29, 1.82) is 0 Å². The molecule has 1 aliphatic rings. The van der Waals surface area contributed by atoms with E-state index in [4.69, 9.17) is 0 Å². The van der Waals surface area contributed by atoms with E-state index in [2.05, 4.69) is 39.7 Å². The van der Waals surface area contributed by atoms with E-state index in [1.54, 1.807) is 0 Å². The van der Waals surface area contributed by atoms with Crippen LogP contribution in [0.1, 0.15) is 19.0 Å². The number of thioether (sulfide) groups is 1. The van der Waals surface area contributed by atoms with Gasteiger partial charge in [0.2, 0.25) is 0 Å². The summed E-state index contributed by atoms with van der Waals surface area (Å²) >= 11 is 2.06. The van der Waals surface area contributed by atoms with Gasteiger partial charge in [0.25, 0.3) is 0 Å². The molecule has 0 amide bonds. The Hall–Kier alpha value is -1.23. The molecule has 0 aliphatic carbocycles. The highest BCUT2D eigenvalue weighted by atomic mass is 32.2. The number of hydrogen-bond acceptors (Lipinski definition) is 4. The molecular weight excluding hydrogens is 244 g/mol. The Morgan fingerprint density at radius 2 is 2.28 bits per heavy atom. The molecule has 1 atom stereocenters. The van der Waals surface area contributed by atoms with Crippen LogP contribution in [0.2, 0.25) is 0 Å². The van der Waals surface area contributed by atoms with Crippen LogP contribution in [-0.4, -0.2) is 38.7 Å². The Kier molecular flexibility index (Phi) is 3.16. The summed E-state index contributed by atoms with van der Waals surface area (Å²) < 4.78 is 1.93. The van der Waals surface area contributed by atoms with E-state index in [1.165, 1.54) is 12.2 Å². The lowest BCUT2D eigenvalue weighted by Gasteiger charge is -2.21. The first-order valence-electron chi connectivity index (χ1n) is 6.41. The first kappa shape index (κ1) is 11.8. The third-order valence-electron chi connectivity index (χ3n) is 3.36. The molecule has 4 nitrogen and oxygen atoms in total. The predicted molar refractivity (Wildman–Crippen MR) is 76.5 cm³/mol. The van der Waals surface area contributed by atoms with E-state index >= 15 is 0 Å². The zero-order valence-electron chi connectivity index (χ0n) is 10.8. The van der Waals surface area contributed by atoms with Crippen LogP contribution in [0.4, 0.5) is 5.82 Å². The number of anilines is 1. The van der Waals surface area contributed by atoms with Crippen LogP contribution in [0, 0.1) is 6.92 Å². The van der Waals surface area contributed by atoms with Crippen LogP contribution < -0.4 is 4.90 Å². The minimum atomic E-state index is 0.751. The van der Waals surface area contributed by atoms with E-state index in [0.29, 0.717) is 0 Å². The molecule has 3 rings (SSSR count). The van der Waals surface area contributed by atoms with Gasteiger partial charge >= 0.3 is 0 Å². The van der Waals surface area contributed by atoms with Gasteiger partial charge in [-0.05, 0) is 19.4 Å². The molecule has 1 unspecified atom stereocenters. The largest absolute Gasteiger partial charge is 0.354 e. The number of nitrogens with zero attached hydrogens (tertiary/aromatic N) is 4. The molecule has 0 saturated carbocycles. The second-order valence-electron chi connectivity index (χ2n) is 4.82. The molecular formula is C13H18N4S. The van der Waals surface area contributed by atoms with Gasteiger partial charge in [-0.25, -0.2) is 9.50 Å². The third kappa shape index (κ3) is 2.19. The quantitative estimate of drug-likeness (QED) is 0.790. The van der Waals surface area contributed by atoms with Crippen molar-refractivity contribution in [3.8, 4) is 0 Å². The van der Waals surface area contributed by atoms with Gasteiger partial charge in [0.1, 0.15) is 5.52 Å². The van der Waals surface area contributed by atoms with Crippen molar-refractivity contribution in [3.63, 3.8) is 0 Å². The van der Waals surface area contributed by atoms with Crippen molar-refractivity contribution in [3.05, 3.63) is 24.2 Å². The molecule has 0 spiro atoms. The fourth-order valence-corrected chi connectivity index (χ4v) is 3.38. The van der Waals surface area contributed by atoms with Crippen LogP contribution in [0.5, 0.6) is 0 Å². The molecule has 0 aromatic carbocycles. The predicted octanol–water partition coefficient (Wildman–Crippen LogP) is 2.37. The molecule has 5 heteroatoms. The summed E-state index contributed by atoms with van der Waals surface area (Å²) in [6.45, 7) is 6.50. The number of rotatable bonds is 1. The van der Waals surface area contributed by atoms with Crippen LogP contribution in [0.3, 0.4) is 0 Å². The van der Waals surface area contributed by atoms with Gasteiger partial charge in [0.05, 0.1) is 5.69 Å². The first-order chi connectivity index (χ1) is 8.74. The van der Waals surface area contributed by atoms with Gasteiger partial charge in [0, 0.05) is 36.5 Å². The summed E-state index contributed by atoms with van der Waals surface area (Å²) in [6, 6.07) is 2.11. The molecule has 0 radical (unpaired) electrons. The Balaban J connectivity index is 1.97. The molecule has 2 aromatic heterocycles. The fourth-order valence-electron chi connectivity index (χ4n) is 2.38. The average Bonchev–Trinajstić information content (AvgIpc) is 2.60. The minimum absolute atomic E-state index is 0.751. The van der Waals surface area contributed by atoms with Gasteiger partial charge in [-0.1, -0.05) is 6.92 Å². The van der Waals surface area contributed by atoms with E-state index in [0.717, 1.165) is 35.4 Å². The summed E-state index contributed by atoms with van der Waals surface area (Å²) in [7, 11) is 0. The van der Waals surface area contributed by atoms with Crippen molar-refractivity contribution < 1.29 is 0 Å². The highest BCUT2D eigenvalue weighted by Crippen LogP contribution is 2.25. The normalized spacial score (nSPS) is 21.2. The maximum atomic E-state index is 4.57. The second-order valence-corrected chi connectivity index (χ2v) is 6.37. The molecule has 0 N–H and O–H groups in total. The molecule has 1 aliphatic heterocycles. The number of aromatic nitrogens is 3. The third-order valence-corrected chi connectivity index (χ3v) is 4.58. The van der Waals surface area contributed by atoms with E-state index in [1.807, 2.05) is 23.8 Å². The van der Waals surface area contributed by atoms with Crippen LogP contribution in [0.25, 0.3) is 5.52 Å². The molecule has 3 heterocycles. The van der Waals surface area contributed by atoms with Crippen LogP contribution in [0.15, 0.2) is 18.5 Å². The standard InChI is InChI=1S/C13H18N4S/c1-10-9-12-13(14-4-6-17(12)15-10)16-5-3-11(2)18-8-7-16/h4,6,9,11H,3,5,7-8H2,1-2H3. The molecule has 18 heavy (non-hydrogen) atoms. The number of hydrogen-bond donors (Lipinski definition) is 0. The van der Waals surface area contributed by atoms with E-state index < -0.39 is 0 Å². The molecule has 1 fully saturated rings. The summed E-state index contributed by atoms with van der Waals surface area (Å²) in [5.41, 5.74) is 2.16. The maximum Gasteiger partial charge on any atom is 0.154 e. The highest BCUT2D eigenvalue weighted by Gasteiger charge is 2.17. The Morgan fingerprint density at radius 3 is 3.17 bits per heavy atom. The summed E-state index contributed by atoms with van der Waals surface area (Å²) in [5, 5.41) is 5.20. The lowest BCUT2D eigenvalue weighted by molar-refractivity contribution is 0.752. The summed E-state index contributed by atoms with van der Waals surface area (Å²) in [5.74, 6) is 2.25. The van der Waals surface area contributed by atoms with Gasteiger partial charge in [-0.15, -0.1) is 0 Å². The van der Waals surface area contributed by atoms with Gasteiger partial charge < -0.3 is 4.90 Å². The summed E-state index contributed by atoms with van der Waals surface area (Å²) in [4.78, 5) is 6.96. The number of aryl methyl sites for hydroxylation is 1. The van der Waals surface area contributed by atoms with Gasteiger partial charge in [-0.3, -0.25) is 0 Å². The zero-order chi connectivity index (χ0) is 12.5. The van der Waals surface area contributed by atoms with Crippen molar-refractivity contribution in [2.45, 2.75) is 25.5 Å². The van der Waals surface area contributed by atoms with E-state index in [9.17, 15) is 0 Å². The van der Waals surface area contributed by atoms with Crippen LogP contribution in [-0.2, 0) is 0 Å². The van der Waals surface area contributed by atoms with Crippen LogP contribution >= 0.6 is 11.8 Å². The SMILES string of the molecule is Cc1cc2c(N3CCSC(C)CC3)nccn2n1. The Morgan fingerprint density at radius 1 is 1.39 bits per heavy atom.